The third-order valence-corrected chi connectivity index (χ3v) is 10.6. The summed E-state index contributed by atoms with van der Waals surface area (Å²) in [6.45, 7) is 9.28. The van der Waals surface area contributed by atoms with Crippen LogP contribution in [0, 0.1) is 11.8 Å². The minimum Gasteiger partial charge on any atom is -0.453 e. The lowest BCUT2D eigenvalue weighted by molar-refractivity contribution is -0.136. The van der Waals surface area contributed by atoms with E-state index in [4.69, 9.17) is 14.5 Å². The first-order valence-corrected chi connectivity index (χ1v) is 19.3. The van der Waals surface area contributed by atoms with Crippen LogP contribution >= 0.6 is 0 Å². The monoisotopic (exact) mass is 767 g/mol. The molecule has 4 heterocycles. The molecule has 0 aliphatic carbocycles. The van der Waals surface area contributed by atoms with E-state index < -0.39 is 12.1 Å². The summed E-state index contributed by atoms with van der Waals surface area (Å²) in [5, 5.41) is 9.27. The molecule has 4 aromatic rings. The number of anilines is 2. The Morgan fingerprint density at radius 1 is 0.804 bits per heavy atom. The summed E-state index contributed by atoms with van der Waals surface area (Å²) in [4.78, 5) is 72.5. The number of carbonyl (C=O) groups is 4. The molecule has 4 unspecified atom stereocenters. The van der Waals surface area contributed by atoms with Crippen molar-refractivity contribution >= 4 is 35.1 Å². The zero-order chi connectivity index (χ0) is 39.9. The van der Waals surface area contributed by atoms with Gasteiger partial charge in [0.2, 0.25) is 17.6 Å². The fraction of sp³-hybridized carbons (Fsp3) is 0.463. The van der Waals surface area contributed by atoms with Gasteiger partial charge in [0.05, 0.1) is 50.1 Å². The lowest BCUT2D eigenvalue weighted by atomic mass is 10.0. The van der Waals surface area contributed by atoms with Crippen molar-refractivity contribution in [3.8, 4) is 11.3 Å². The smallest absolute Gasteiger partial charge is 0.407 e. The van der Waals surface area contributed by atoms with Crippen LogP contribution in [0.5, 0.6) is 0 Å². The number of rotatable bonds is 15. The van der Waals surface area contributed by atoms with Gasteiger partial charge in [-0.1, -0.05) is 52.0 Å². The van der Waals surface area contributed by atoms with Gasteiger partial charge in [0.15, 0.2) is 0 Å². The molecule has 2 saturated heterocycles. The number of alkyl carbamates (subject to hydrolysis) is 1. The topological polar surface area (TPSA) is 187 Å². The SMILES string of the molecule is COCNC(C(=O)N1CCCC1c1ncc(-c2ccc(Nc3ccccc3C(=O)c3cnc(C4CCCN4C(=O)C(NC(=O)OC)C(C)C)[nH]3)cc2)[nH]1)C(C)C. The highest BCUT2D eigenvalue weighted by molar-refractivity contribution is 6.11. The molecule has 3 amide bonds. The number of aromatic amines is 2. The van der Waals surface area contributed by atoms with E-state index in [1.54, 1.807) is 24.3 Å². The zero-order valence-corrected chi connectivity index (χ0v) is 32.9. The second kappa shape index (κ2) is 17.9. The Kier molecular flexibility index (Phi) is 12.9. The number of ether oxygens (including phenoxy) is 2. The molecule has 5 N–H and O–H groups in total. The van der Waals surface area contributed by atoms with Crippen molar-refractivity contribution in [1.29, 1.82) is 0 Å². The maximum Gasteiger partial charge on any atom is 0.407 e. The first-order chi connectivity index (χ1) is 27.0. The lowest BCUT2D eigenvalue weighted by Crippen LogP contribution is -2.51. The average Bonchev–Trinajstić information content (AvgIpc) is 4.03. The number of nitrogens with zero attached hydrogens (tertiary/aromatic N) is 4. The van der Waals surface area contributed by atoms with Gasteiger partial charge in [-0.2, -0.15) is 0 Å². The van der Waals surface area contributed by atoms with Crippen LogP contribution in [0.15, 0.2) is 60.9 Å². The van der Waals surface area contributed by atoms with E-state index in [0.29, 0.717) is 49.0 Å². The number of nitrogens with one attached hydrogen (secondary N) is 5. The number of para-hydroxylation sites is 1. The number of H-pyrrole nitrogens is 2. The number of carbonyl (C=O) groups excluding carboxylic acids is 4. The number of aromatic nitrogens is 4. The van der Waals surface area contributed by atoms with Crippen LogP contribution in [0.25, 0.3) is 11.3 Å². The van der Waals surface area contributed by atoms with Gasteiger partial charge in [-0.3, -0.25) is 19.7 Å². The van der Waals surface area contributed by atoms with Crippen LogP contribution < -0.4 is 16.0 Å². The van der Waals surface area contributed by atoms with Gasteiger partial charge in [-0.05, 0) is 67.3 Å². The van der Waals surface area contributed by atoms with E-state index in [1.165, 1.54) is 13.3 Å². The summed E-state index contributed by atoms with van der Waals surface area (Å²) in [5.41, 5.74) is 3.95. The van der Waals surface area contributed by atoms with Gasteiger partial charge >= 0.3 is 6.09 Å². The fourth-order valence-corrected chi connectivity index (χ4v) is 7.57. The van der Waals surface area contributed by atoms with Crippen molar-refractivity contribution in [1.82, 2.24) is 40.4 Å². The molecule has 15 nitrogen and oxygen atoms in total. The number of ketones is 1. The molecule has 56 heavy (non-hydrogen) atoms. The molecule has 0 bridgehead atoms. The van der Waals surface area contributed by atoms with Crippen LogP contribution in [0.3, 0.4) is 0 Å². The van der Waals surface area contributed by atoms with Crippen molar-refractivity contribution in [3.05, 3.63) is 83.8 Å². The van der Waals surface area contributed by atoms with Crippen LogP contribution in [0.1, 0.15) is 93.2 Å². The number of likely N-dealkylation sites (tertiary alicyclic amines) is 2. The second-order valence-electron chi connectivity index (χ2n) is 15.0. The number of benzene rings is 2. The van der Waals surface area contributed by atoms with Crippen LogP contribution in [-0.4, -0.2) is 99.6 Å². The maximum atomic E-state index is 13.9. The maximum absolute atomic E-state index is 13.9. The molecular formula is C41H53N9O6. The van der Waals surface area contributed by atoms with Crippen LogP contribution in [0.4, 0.5) is 16.2 Å². The van der Waals surface area contributed by atoms with Crippen molar-refractivity contribution < 1.29 is 28.7 Å². The Morgan fingerprint density at radius 2 is 1.41 bits per heavy atom. The second-order valence-corrected chi connectivity index (χ2v) is 15.0. The molecule has 2 aromatic carbocycles. The Bertz CT molecular complexity index is 1990. The molecule has 2 fully saturated rings. The number of hydrogen-bond acceptors (Lipinski definition) is 10. The summed E-state index contributed by atoms with van der Waals surface area (Å²) >= 11 is 0. The van der Waals surface area contributed by atoms with Crippen molar-refractivity contribution in [2.24, 2.45) is 11.8 Å². The molecule has 298 valence electrons. The number of hydrogen-bond donors (Lipinski definition) is 5. The highest BCUT2D eigenvalue weighted by Gasteiger charge is 2.38. The Morgan fingerprint density at radius 3 is 2.04 bits per heavy atom. The Hall–Kier alpha value is -5.54. The lowest BCUT2D eigenvalue weighted by Gasteiger charge is -2.30. The minimum absolute atomic E-state index is 0.0539. The number of amides is 3. The molecule has 4 atom stereocenters. The van der Waals surface area contributed by atoms with Gasteiger partial charge in [0.1, 0.15) is 23.4 Å². The largest absolute Gasteiger partial charge is 0.453 e. The van der Waals surface area contributed by atoms with Gasteiger partial charge in [0, 0.05) is 37.1 Å². The van der Waals surface area contributed by atoms with Crippen LogP contribution in [-0.2, 0) is 19.1 Å². The molecule has 6 rings (SSSR count). The molecule has 2 aromatic heterocycles. The summed E-state index contributed by atoms with van der Waals surface area (Å²) in [5.74, 6) is 0.825. The minimum atomic E-state index is -0.754. The summed E-state index contributed by atoms with van der Waals surface area (Å²) < 4.78 is 9.92. The predicted molar refractivity (Wildman–Crippen MR) is 211 cm³/mol. The van der Waals surface area contributed by atoms with Gasteiger partial charge in [0.25, 0.3) is 0 Å². The zero-order valence-electron chi connectivity index (χ0n) is 32.9. The molecule has 0 radical (unpaired) electrons. The molecule has 0 saturated carbocycles. The van der Waals surface area contributed by atoms with E-state index in [-0.39, 0.29) is 47.6 Å². The first kappa shape index (κ1) is 40.1. The Labute approximate surface area is 327 Å². The quantitative estimate of drug-likeness (QED) is 0.0742. The molecule has 0 spiro atoms. The van der Waals surface area contributed by atoms with Crippen molar-refractivity contribution in [3.63, 3.8) is 0 Å². The van der Waals surface area contributed by atoms with E-state index in [2.05, 4.69) is 30.9 Å². The van der Waals surface area contributed by atoms with Crippen LogP contribution in [0.2, 0.25) is 0 Å². The van der Waals surface area contributed by atoms with E-state index in [9.17, 15) is 19.2 Å². The first-order valence-electron chi connectivity index (χ1n) is 19.3. The van der Waals surface area contributed by atoms with Gasteiger partial charge in [-0.15, -0.1) is 0 Å². The highest BCUT2D eigenvalue weighted by Crippen LogP contribution is 2.34. The third-order valence-electron chi connectivity index (χ3n) is 10.6. The summed E-state index contributed by atoms with van der Waals surface area (Å²) in [7, 11) is 2.87. The average molecular weight is 768 g/mol. The normalized spacial score (nSPS) is 18.0. The van der Waals surface area contributed by atoms with Gasteiger partial charge < -0.3 is 39.9 Å². The fourth-order valence-electron chi connectivity index (χ4n) is 7.57. The van der Waals surface area contributed by atoms with Crippen molar-refractivity contribution in [2.45, 2.75) is 77.5 Å². The molecule has 15 heteroatoms. The standard InChI is InChI=1S/C41H53N9O6/c1-24(2)34(44-23-55-5)39(52)49-19-9-13-32(49)37-42-21-30(46-37)26-15-17-27(18-16-26)45-29-12-8-7-11-28(29)36(51)31-22-43-38(47-31)33-14-10-20-50(33)40(53)35(25(3)4)48-41(54)56-6/h7-8,11-12,15-18,21-22,24-25,32-35,44-45H,9-10,13-14,19-20,23H2,1-6H3,(H,42,46)(H,43,47)(H,48,54). The third kappa shape index (κ3) is 8.79. The highest BCUT2D eigenvalue weighted by atomic mass is 16.5. The van der Waals surface area contributed by atoms with Crippen molar-refractivity contribution in [2.75, 3.05) is 39.4 Å². The Balaban J connectivity index is 1.12. The summed E-state index contributed by atoms with van der Waals surface area (Å²) in [6.07, 6.45) is 5.83. The van der Waals surface area contributed by atoms with E-state index >= 15 is 0 Å². The molecule has 2 aliphatic heterocycles. The molecular weight excluding hydrogens is 715 g/mol. The van der Waals surface area contributed by atoms with Gasteiger partial charge in [-0.25, -0.2) is 14.8 Å². The number of imidazole rings is 2. The van der Waals surface area contributed by atoms with E-state index in [1.807, 2.05) is 75.1 Å². The predicted octanol–water partition coefficient (Wildman–Crippen LogP) is 5.70. The van der Waals surface area contributed by atoms with E-state index in [0.717, 1.165) is 42.0 Å². The molecule has 2 aliphatic rings. The summed E-state index contributed by atoms with van der Waals surface area (Å²) in [6, 6.07) is 13.5. The number of methoxy groups -OCH3 is 2.